The first-order valence-corrected chi connectivity index (χ1v) is 1.59. The number of hydrogen-bond donors (Lipinski definition) is 0. The number of hydrogen-bond acceptors (Lipinski definition) is 0. The Labute approximate surface area is 76.8 Å². The zero-order valence-electron chi connectivity index (χ0n) is 1.36. The van der Waals surface area contributed by atoms with Crippen molar-refractivity contribution in [1.29, 1.82) is 0 Å². The summed E-state index contributed by atoms with van der Waals surface area (Å²) in [4.78, 5) is 0. The Morgan fingerprint density at radius 3 is 1.25 bits per heavy atom. The molecule has 0 aromatic carbocycles. The minimum absolute atomic E-state index is 0. The van der Waals surface area contributed by atoms with Gasteiger partial charge in [-0.05, 0) is 0 Å². The van der Waals surface area contributed by atoms with Gasteiger partial charge in [-0.3, -0.25) is 4.70 Å². The molecule has 0 saturated heterocycles. The third-order valence-electron chi connectivity index (χ3n) is 0. The third-order valence-corrected chi connectivity index (χ3v) is 0. The van der Waals surface area contributed by atoms with Crippen LogP contribution in [0.5, 0.6) is 0 Å². The fourth-order valence-electron chi connectivity index (χ4n) is 0. The van der Waals surface area contributed by atoms with Crippen molar-refractivity contribution in [2.75, 3.05) is 0 Å². The molecule has 0 aromatic heterocycles. The van der Waals surface area contributed by atoms with Gasteiger partial charge in [-0.25, -0.2) is 0 Å². The average Bonchev–Trinajstić information content (AvgIpc) is 1.00. The van der Waals surface area contributed by atoms with Crippen LogP contribution < -0.4 is 0 Å². The Bertz CT molecular complexity index is 6.00. The van der Waals surface area contributed by atoms with Crippen molar-refractivity contribution < 1.29 is 40.8 Å². The van der Waals surface area contributed by atoms with Gasteiger partial charge in [0, 0.05) is 0 Å². The van der Waals surface area contributed by atoms with Crippen LogP contribution in [0, 0.1) is 34.5 Å². The Hall–Kier alpha value is 2.31. The van der Waals surface area contributed by atoms with Crippen LogP contribution in [0.2, 0.25) is 0 Å². The Morgan fingerprint density at radius 1 is 1.25 bits per heavy atom. The third kappa shape index (κ3) is 8.85. The van der Waals surface area contributed by atoms with Gasteiger partial charge < -0.3 is 0 Å². The molecule has 0 rings (SSSR count). The summed E-state index contributed by atoms with van der Waals surface area (Å²) < 4.78 is 9.67. The molecule has 0 radical (unpaired) electrons. The summed E-state index contributed by atoms with van der Waals surface area (Å²) in [7, 11) is 0. The Balaban J connectivity index is -0.00000000500. The van der Waals surface area contributed by atoms with Gasteiger partial charge in [0.1, 0.15) is 0 Å². The molecule has 22 valence electrons. The molecule has 0 aliphatic rings. The molecule has 0 aromatic rings. The van der Waals surface area contributed by atoms with E-state index in [1.54, 1.807) is 0 Å². The van der Waals surface area contributed by atoms with Crippen LogP contribution in [0.15, 0.2) is 0 Å². The van der Waals surface area contributed by atoms with E-state index in [4.69, 9.17) is 0 Å². The van der Waals surface area contributed by atoms with Crippen molar-refractivity contribution in [3.8, 4) is 0 Å². The normalized spacial score (nSPS) is 1.00. The molecule has 0 bridgehead atoms. The zero-order chi connectivity index (χ0) is 2.00. The molecule has 0 heterocycles. The van der Waals surface area contributed by atoms with Gasteiger partial charge in [0.05, 0.1) is 0 Å². The van der Waals surface area contributed by atoms with E-state index in [1.165, 1.54) is 0 Å². The van der Waals surface area contributed by atoms with Crippen LogP contribution >= 0.6 is 0 Å². The van der Waals surface area contributed by atoms with Gasteiger partial charge >= 0.3 is 73.8 Å². The second kappa shape index (κ2) is 18.5. The van der Waals surface area contributed by atoms with Gasteiger partial charge in [-0.15, -0.1) is 0 Å². The number of halogens is 2. The van der Waals surface area contributed by atoms with E-state index in [1.807, 2.05) is 0 Å². The van der Waals surface area contributed by atoms with Crippen molar-refractivity contribution in [2.45, 2.75) is 0 Å². The van der Waals surface area contributed by atoms with Crippen molar-refractivity contribution in [3.05, 3.63) is 0 Å². The second-order valence-electron chi connectivity index (χ2n) is 0. The van der Waals surface area contributed by atoms with Gasteiger partial charge in [0.15, 0.2) is 0 Å². The first-order chi connectivity index (χ1) is 1.00. The second-order valence-corrected chi connectivity index (χ2v) is 0. The minimum atomic E-state index is -0.333. The van der Waals surface area contributed by atoms with E-state index >= 15 is 0 Å². The van der Waals surface area contributed by atoms with E-state index in [9.17, 15) is 1.60 Å². The fraction of sp³-hybridized carbons (Fsp3) is 0. The SMILES string of the molecule is F.[CaH2].[F][La]. The monoisotopic (exact) mass is 220 g/mol. The van der Waals surface area contributed by atoms with E-state index in [0.29, 0.717) is 0 Å². The van der Waals surface area contributed by atoms with Crippen molar-refractivity contribution >= 4 is 37.7 Å². The van der Waals surface area contributed by atoms with Gasteiger partial charge in [0.25, 0.3) is 0 Å². The molecule has 0 aliphatic carbocycles. The van der Waals surface area contributed by atoms with Crippen LogP contribution in [-0.4, -0.2) is 37.7 Å². The summed E-state index contributed by atoms with van der Waals surface area (Å²) in [5.74, 6) is 0. The Kier molecular flexibility index (Phi) is 74.9. The van der Waals surface area contributed by atoms with Crippen molar-refractivity contribution in [1.82, 2.24) is 0 Å². The van der Waals surface area contributed by atoms with Crippen molar-refractivity contribution in [2.24, 2.45) is 0 Å². The first-order valence-electron chi connectivity index (χ1n) is 0.218. The molecule has 0 spiro atoms. The molecule has 4 heavy (non-hydrogen) atoms. The van der Waals surface area contributed by atoms with Crippen LogP contribution in [0.1, 0.15) is 0 Å². The molecule has 0 amide bonds. The van der Waals surface area contributed by atoms with E-state index < -0.39 is 0 Å². The summed E-state index contributed by atoms with van der Waals surface area (Å²) in [5, 5.41) is 0. The molecule has 0 atom stereocenters. The molecule has 0 aliphatic heterocycles. The van der Waals surface area contributed by atoms with Gasteiger partial charge in [0.2, 0.25) is 0 Å². The topological polar surface area (TPSA) is 0 Å². The predicted molar refractivity (Wildman–Crippen MR) is 12.2 cm³/mol. The first kappa shape index (κ1) is 16.2. The quantitative estimate of drug-likeness (QED) is 0.490. The summed E-state index contributed by atoms with van der Waals surface area (Å²) >= 11 is -0.333. The van der Waals surface area contributed by atoms with Gasteiger partial charge in [-0.2, -0.15) is 0 Å². The van der Waals surface area contributed by atoms with E-state index in [-0.39, 0.29) is 76.9 Å². The van der Waals surface area contributed by atoms with Crippen LogP contribution in [0.25, 0.3) is 0 Å². The molecular formula is H3CaF2La. The summed E-state index contributed by atoms with van der Waals surface area (Å²) in [6.45, 7) is 0. The maximum absolute atomic E-state index is 9.67. The van der Waals surface area contributed by atoms with Gasteiger partial charge in [-0.1, -0.05) is 0 Å². The van der Waals surface area contributed by atoms with Crippen LogP contribution in [0.3, 0.4) is 0 Å². The molecule has 0 fully saturated rings. The Morgan fingerprint density at radius 2 is 1.25 bits per heavy atom. The molecule has 0 N–H and O–H groups in total. The summed E-state index contributed by atoms with van der Waals surface area (Å²) in [6.07, 6.45) is 0. The maximum atomic E-state index is 9.67. The molecule has 0 saturated carbocycles. The summed E-state index contributed by atoms with van der Waals surface area (Å²) in [6, 6.07) is 0. The average molecular weight is 220 g/mol. The molecule has 4 heteroatoms. The van der Waals surface area contributed by atoms with E-state index in [0.717, 1.165) is 0 Å². The van der Waals surface area contributed by atoms with Crippen LogP contribution in [-0.2, 0) is 0 Å². The molecule has 0 unspecified atom stereocenters. The number of rotatable bonds is 0. The zero-order valence-corrected chi connectivity index (χ0v) is 4.99. The van der Waals surface area contributed by atoms with Crippen molar-refractivity contribution in [3.63, 3.8) is 0 Å². The van der Waals surface area contributed by atoms with E-state index in [2.05, 4.69) is 0 Å². The molecule has 0 nitrogen and oxygen atoms in total. The molecular weight excluding hydrogens is 217 g/mol. The van der Waals surface area contributed by atoms with Crippen LogP contribution in [0.4, 0.5) is 6.31 Å². The predicted octanol–water partition coefficient (Wildman–Crippen LogP) is -0.343. The summed E-state index contributed by atoms with van der Waals surface area (Å²) in [5.41, 5.74) is 0. The standard InChI is InChI=1S/Ca.2FH.La.2H/h;2*1H;;;/q;;;+1;;/p-1. The fourth-order valence-corrected chi connectivity index (χ4v) is 0.